The fraction of sp³-hybridized carbons (Fsp3) is 0.273. The second-order valence-electron chi connectivity index (χ2n) is 7.20. The Hall–Kier alpha value is -3.49. The van der Waals surface area contributed by atoms with E-state index in [-0.39, 0.29) is 17.5 Å². The van der Waals surface area contributed by atoms with E-state index >= 15 is 0 Å². The highest BCUT2D eigenvalue weighted by atomic mass is 19.4. The summed E-state index contributed by atoms with van der Waals surface area (Å²) in [6, 6.07) is 13.6. The molecule has 1 saturated heterocycles. The summed E-state index contributed by atoms with van der Waals surface area (Å²) in [4.78, 5) is 28.0. The van der Waals surface area contributed by atoms with Gasteiger partial charge in [-0.2, -0.15) is 13.2 Å². The molecule has 0 bridgehead atoms. The lowest BCUT2D eigenvalue weighted by Gasteiger charge is -2.35. The monoisotopic (exact) mass is 427 g/mol. The van der Waals surface area contributed by atoms with Gasteiger partial charge in [-0.15, -0.1) is 0 Å². The maximum Gasteiger partial charge on any atom is 0.433 e. The van der Waals surface area contributed by atoms with E-state index in [1.807, 2.05) is 30.3 Å². The van der Waals surface area contributed by atoms with Crippen molar-refractivity contribution in [2.75, 3.05) is 31.1 Å². The molecule has 4 rings (SSSR count). The van der Waals surface area contributed by atoms with E-state index in [2.05, 4.69) is 15.0 Å². The van der Waals surface area contributed by atoms with Gasteiger partial charge in [-0.05, 0) is 17.7 Å². The molecule has 0 spiro atoms. The van der Waals surface area contributed by atoms with Crippen molar-refractivity contribution in [3.63, 3.8) is 0 Å². The number of hydrogen-bond donors (Lipinski definition) is 0. The molecule has 3 heterocycles. The van der Waals surface area contributed by atoms with E-state index in [1.165, 1.54) is 12.4 Å². The number of aromatic nitrogens is 3. The SMILES string of the molecule is O=C(Cc1ccccc1)N1CCN(c2cc(C(F)(F)F)nc(-c3ccncc3)n2)CC1. The van der Waals surface area contributed by atoms with Gasteiger partial charge in [0, 0.05) is 50.2 Å². The third-order valence-electron chi connectivity index (χ3n) is 5.10. The van der Waals surface area contributed by atoms with Gasteiger partial charge < -0.3 is 9.80 Å². The zero-order chi connectivity index (χ0) is 21.8. The number of hydrogen-bond acceptors (Lipinski definition) is 5. The molecule has 0 radical (unpaired) electrons. The summed E-state index contributed by atoms with van der Waals surface area (Å²) >= 11 is 0. The quantitative estimate of drug-likeness (QED) is 0.638. The lowest BCUT2D eigenvalue weighted by molar-refractivity contribution is -0.141. The first-order valence-electron chi connectivity index (χ1n) is 9.83. The average Bonchev–Trinajstić information content (AvgIpc) is 2.79. The van der Waals surface area contributed by atoms with Crippen molar-refractivity contribution >= 4 is 11.7 Å². The third-order valence-corrected chi connectivity index (χ3v) is 5.10. The summed E-state index contributed by atoms with van der Waals surface area (Å²) in [5.74, 6) is 0.195. The number of halogens is 3. The van der Waals surface area contributed by atoms with E-state index in [4.69, 9.17) is 0 Å². The predicted octanol–water partition coefficient (Wildman–Crippen LogP) is 3.45. The van der Waals surface area contributed by atoms with Crippen molar-refractivity contribution in [1.82, 2.24) is 19.9 Å². The van der Waals surface area contributed by atoms with Crippen LogP contribution in [0.25, 0.3) is 11.4 Å². The second kappa shape index (κ2) is 8.71. The van der Waals surface area contributed by atoms with Crippen LogP contribution in [0.1, 0.15) is 11.3 Å². The van der Waals surface area contributed by atoms with Gasteiger partial charge >= 0.3 is 6.18 Å². The summed E-state index contributed by atoms with van der Waals surface area (Å²) in [6.45, 7) is 1.62. The Labute approximate surface area is 177 Å². The Balaban J connectivity index is 1.50. The van der Waals surface area contributed by atoms with Gasteiger partial charge in [0.15, 0.2) is 11.5 Å². The smallest absolute Gasteiger partial charge is 0.353 e. The number of anilines is 1. The maximum absolute atomic E-state index is 13.4. The Bertz CT molecular complexity index is 1040. The molecule has 160 valence electrons. The number of piperazine rings is 1. The van der Waals surface area contributed by atoms with Gasteiger partial charge in [0.05, 0.1) is 6.42 Å². The van der Waals surface area contributed by atoms with Crippen molar-refractivity contribution in [2.24, 2.45) is 0 Å². The van der Waals surface area contributed by atoms with Crippen molar-refractivity contribution in [3.05, 3.63) is 72.2 Å². The summed E-state index contributed by atoms with van der Waals surface area (Å²) < 4.78 is 40.3. The number of benzene rings is 1. The molecule has 31 heavy (non-hydrogen) atoms. The molecule has 0 aliphatic carbocycles. The molecule has 1 aliphatic heterocycles. The lowest BCUT2D eigenvalue weighted by atomic mass is 10.1. The molecule has 6 nitrogen and oxygen atoms in total. The molecular weight excluding hydrogens is 407 g/mol. The third kappa shape index (κ3) is 4.99. The second-order valence-corrected chi connectivity index (χ2v) is 7.20. The van der Waals surface area contributed by atoms with Gasteiger partial charge in [-0.3, -0.25) is 9.78 Å². The largest absolute Gasteiger partial charge is 0.433 e. The van der Waals surface area contributed by atoms with Crippen LogP contribution in [0.5, 0.6) is 0 Å². The van der Waals surface area contributed by atoms with Gasteiger partial charge in [0.1, 0.15) is 5.82 Å². The topological polar surface area (TPSA) is 62.2 Å². The number of carbonyl (C=O) groups is 1. The van der Waals surface area contributed by atoms with Crippen molar-refractivity contribution in [3.8, 4) is 11.4 Å². The predicted molar refractivity (Wildman–Crippen MR) is 109 cm³/mol. The Morgan fingerprint density at radius 1 is 0.935 bits per heavy atom. The molecule has 1 aliphatic rings. The van der Waals surface area contributed by atoms with Crippen LogP contribution in [0.3, 0.4) is 0 Å². The first kappa shape index (κ1) is 20.8. The van der Waals surface area contributed by atoms with Gasteiger partial charge in [0.25, 0.3) is 0 Å². The lowest BCUT2D eigenvalue weighted by Crippen LogP contribution is -2.49. The van der Waals surface area contributed by atoms with Crippen LogP contribution < -0.4 is 4.90 Å². The molecule has 1 amide bonds. The number of nitrogens with zero attached hydrogens (tertiary/aromatic N) is 5. The van der Waals surface area contributed by atoms with Crippen molar-refractivity contribution < 1.29 is 18.0 Å². The summed E-state index contributed by atoms with van der Waals surface area (Å²) in [7, 11) is 0. The van der Waals surface area contributed by atoms with Crippen LogP contribution >= 0.6 is 0 Å². The zero-order valence-electron chi connectivity index (χ0n) is 16.6. The average molecular weight is 427 g/mol. The van der Waals surface area contributed by atoms with Crippen molar-refractivity contribution in [2.45, 2.75) is 12.6 Å². The van der Waals surface area contributed by atoms with E-state index in [9.17, 15) is 18.0 Å². The number of carbonyl (C=O) groups excluding carboxylic acids is 1. The molecule has 0 unspecified atom stereocenters. The minimum absolute atomic E-state index is 0.00185. The molecule has 9 heteroatoms. The molecule has 0 saturated carbocycles. The van der Waals surface area contributed by atoms with E-state index < -0.39 is 11.9 Å². The zero-order valence-corrected chi connectivity index (χ0v) is 16.6. The molecule has 1 aromatic carbocycles. The Morgan fingerprint density at radius 2 is 1.61 bits per heavy atom. The minimum Gasteiger partial charge on any atom is -0.353 e. The number of pyridine rings is 1. The van der Waals surface area contributed by atoms with Crippen LogP contribution in [-0.2, 0) is 17.4 Å². The highest BCUT2D eigenvalue weighted by Gasteiger charge is 2.35. The first-order chi connectivity index (χ1) is 14.9. The van der Waals surface area contributed by atoms with Crippen LogP contribution in [0.15, 0.2) is 60.9 Å². The molecular formula is C22H20F3N5O. The summed E-state index contributed by atoms with van der Waals surface area (Å²) in [5, 5.41) is 0. The van der Waals surface area contributed by atoms with Crippen LogP contribution in [0.4, 0.5) is 19.0 Å². The van der Waals surface area contributed by atoms with Gasteiger partial charge in [-0.25, -0.2) is 9.97 Å². The van der Waals surface area contributed by atoms with E-state index in [0.717, 1.165) is 11.6 Å². The summed E-state index contributed by atoms with van der Waals surface area (Å²) in [5.41, 5.74) is 0.397. The van der Waals surface area contributed by atoms with E-state index in [1.54, 1.807) is 21.9 Å². The fourth-order valence-corrected chi connectivity index (χ4v) is 3.44. The molecule has 0 atom stereocenters. The highest BCUT2D eigenvalue weighted by molar-refractivity contribution is 5.79. The standard InChI is InChI=1S/C22H20F3N5O/c23-22(24,25)18-15-19(28-21(27-18)17-6-8-26-9-7-17)29-10-12-30(13-11-29)20(31)14-16-4-2-1-3-5-16/h1-9,15H,10-14H2. The van der Waals surface area contributed by atoms with Crippen molar-refractivity contribution in [1.29, 1.82) is 0 Å². The van der Waals surface area contributed by atoms with Crippen LogP contribution in [0.2, 0.25) is 0 Å². The van der Waals surface area contributed by atoms with Crippen LogP contribution in [0, 0.1) is 0 Å². The Kier molecular flexibility index (Phi) is 5.83. The molecule has 3 aromatic rings. The molecule has 2 aromatic heterocycles. The van der Waals surface area contributed by atoms with Gasteiger partial charge in [0.2, 0.25) is 5.91 Å². The fourth-order valence-electron chi connectivity index (χ4n) is 3.44. The first-order valence-corrected chi connectivity index (χ1v) is 9.83. The summed E-state index contributed by atoms with van der Waals surface area (Å²) in [6.07, 6.45) is -1.32. The Morgan fingerprint density at radius 3 is 2.26 bits per heavy atom. The number of amides is 1. The number of alkyl halides is 3. The van der Waals surface area contributed by atoms with E-state index in [0.29, 0.717) is 38.2 Å². The normalized spacial score (nSPS) is 14.5. The molecule has 0 N–H and O–H groups in total. The minimum atomic E-state index is -4.59. The van der Waals surface area contributed by atoms with Crippen LogP contribution in [-0.4, -0.2) is 51.9 Å². The molecule has 1 fully saturated rings. The highest BCUT2D eigenvalue weighted by Crippen LogP contribution is 2.31. The van der Waals surface area contributed by atoms with Gasteiger partial charge in [-0.1, -0.05) is 30.3 Å². The maximum atomic E-state index is 13.4. The number of rotatable bonds is 4.